The standard InChI is InChI=1S/C12H9ClN4O2S2/c13-11-10(17-5-6-20-12(17)16-11)7-15-8-1-3-9(4-2-8)21(14,18)19/h1-7H,(H2,14,18,19). The first-order valence-electron chi connectivity index (χ1n) is 5.73. The smallest absolute Gasteiger partial charge is 0.238 e. The summed E-state index contributed by atoms with van der Waals surface area (Å²) in [4.78, 5) is 9.28. The molecule has 0 unspecified atom stereocenters. The van der Waals surface area contributed by atoms with Crippen molar-refractivity contribution in [3.05, 3.63) is 46.7 Å². The van der Waals surface area contributed by atoms with Crippen LogP contribution in [0.15, 0.2) is 45.7 Å². The van der Waals surface area contributed by atoms with Crippen LogP contribution >= 0.6 is 22.9 Å². The Hall–Kier alpha value is -1.74. The van der Waals surface area contributed by atoms with Crippen molar-refractivity contribution in [3.8, 4) is 0 Å². The average molecular weight is 341 g/mol. The predicted octanol–water partition coefficient (Wildman–Crippen LogP) is 2.45. The lowest BCUT2D eigenvalue weighted by molar-refractivity contribution is 0.598. The van der Waals surface area contributed by atoms with Crippen molar-refractivity contribution in [2.24, 2.45) is 10.1 Å². The molecule has 0 saturated carbocycles. The van der Waals surface area contributed by atoms with Crippen molar-refractivity contribution in [2.45, 2.75) is 4.90 Å². The third kappa shape index (κ3) is 2.84. The molecule has 2 aromatic heterocycles. The first-order chi connectivity index (χ1) is 9.95. The predicted molar refractivity (Wildman–Crippen MR) is 83.1 cm³/mol. The van der Waals surface area contributed by atoms with Crippen LogP contribution in [0.4, 0.5) is 5.69 Å². The average Bonchev–Trinajstić information content (AvgIpc) is 2.97. The lowest BCUT2D eigenvalue weighted by atomic mass is 10.3. The highest BCUT2D eigenvalue weighted by Crippen LogP contribution is 2.21. The largest absolute Gasteiger partial charge is 0.288 e. The number of imidazole rings is 1. The van der Waals surface area contributed by atoms with Gasteiger partial charge in [0.1, 0.15) is 5.69 Å². The Bertz CT molecular complexity index is 926. The number of hydrogen-bond acceptors (Lipinski definition) is 5. The molecule has 0 aliphatic rings. The van der Waals surface area contributed by atoms with E-state index < -0.39 is 10.0 Å². The van der Waals surface area contributed by atoms with Crippen molar-refractivity contribution < 1.29 is 8.42 Å². The topological polar surface area (TPSA) is 89.8 Å². The van der Waals surface area contributed by atoms with Gasteiger partial charge in [-0.25, -0.2) is 18.5 Å². The van der Waals surface area contributed by atoms with Gasteiger partial charge in [-0.3, -0.25) is 9.39 Å². The minimum Gasteiger partial charge on any atom is -0.288 e. The van der Waals surface area contributed by atoms with Gasteiger partial charge in [0.05, 0.1) is 16.8 Å². The van der Waals surface area contributed by atoms with Gasteiger partial charge in [0.25, 0.3) is 0 Å². The number of nitrogens with two attached hydrogens (primary N) is 1. The Morgan fingerprint density at radius 3 is 2.71 bits per heavy atom. The lowest BCUT2D eigenvalue weighted by Crippen LogP contribution is -2.11. The second kappa shape index (κ2) is 5.23. The summed E-state index contributed by atoms with van der Waals surface area (Å²) < 4.78 is 24.2. The first kappa shape index (κ1) is 14.2. The zero-order chi connectivity index (χ0) is 15.0. The highest BCUT2D eigenvalue weighted by Gasteiger charge is 2.09. The lowest BCUT2D eigenvalue weighted by Gasteiger charge is -1.98. The van der Waals surface area contributed by atoms with Crippen LogP contribution < -0.4 is 5.14 Å². The number of aliphatic imine (C=N–C) groups is 1. The van der Waals surface area contributed by atoms with Crippen LogP contribution in [0.2, 0.25) is 5.15 Å². The molecule has 2 heterocycles. The van der Waals surface area contributed by atoms with Gasteiger partial charge in [-0.2, -0.15) is 0 Å². The van der Waals surface area contributed by atoms with Crippen molar-refractivity contribution >= 4 is 49.8 Å². The molecule has 3 rings (SSSR count). The van der Waals surface area contributed by atoms with E-state index in [1.54, 1.807) is 18.3 Å². The molecule has 0 amide bonds. The molecule has 0 fully saturated rings. The van der Waals surface area contributed by atoms with Crippen LogP contribution in [0.5, 0.6) is 0 Å². The van der Waals surface area contributed by atoms with E-state index in [4.69, 9.17) is 16.7 Å². The Morgan fingerprint density at radius 2 is 2.05 bits per heavy atom. The van der Waals surface area contributed by atoms with Gasteiger partial charge in [0, 0.05) is 11.6 Å². The molecule has 0 atom stereocenters. The van der Waals surface area contributed by atoms with Crippen LogP contribution in [0.1, 0.15) is 5.69 Å². The Kier molecular flexibility index (Phi) is 3.54. The Balaban J connectivity index is 1.92. The number of aromatic nitrogens is 2. The number of primary sulfonamides is 1. The number of halogens is 1. The SMILES string of the molecule is NS(=O)(=O)c1ccc(N=Cc2c(Cl)nc3sccn23)cc1. The summed E-state index contributed by atoms with van der Waals surface area (Å²) in [6.07, 6.45) is 3.44. The molecule has 108 valence electrons. The molecule has 0 aliphatic heterocycles. The highest BCUT2D eigenvalue weighted by molar-refractivity contribution is 7.89. The van der Waals surface area contributed by atoms with Gasteiger partial charge < -0.3 is 0 Å². The number of rotatable bonds is 3. The molecule has 3 aromatic rings. The molecule has 2 N–H and O–H groups in total. The molecule has 0 aliphatic carbocycles. The number of sulfonamides is 1. The van der Waals surface area contributed by atoms with Crippen LogP contribution in [0.25, 0.3) is 4.96 Å². The first-order valence-corrected chi connectivity index (χ1v) is 8.53. The maximum Gasteiger partial charge on any atom is 0.238 e. The summed E-state index contributed by atoms with van der Waals surface area (Å²) in [6.45, 7) is 0. The number of thiazole rings is 1. The summed E-state index contributed by atoms with van der Waals surface area (Å²) in [5, 5.41) is 7.30. The zero-order valence-electron chi connectivity index (χ0n) is 10.5. The fraction of sp³-hybridized carbons (Fsp3) is 0. The summed E-state index contributed by atoms with van der Waals surface area (Å²) in [6, 6.07) is 5.94. The number of benzene rings is 1. The second-order valence-electron chi connectivity index (χ2n) is 4.14. The highest BCUT2D eigenvalue weighted by atomic mass is 35.5. The van der Waals surface area contributed by atoms with Crippen molar-refractivity contribution in [2.75, 3.05) is 0 Å². The molecule has 1 aromatic carbocycles. The fourth-order valence-corrected chi connectivity index (χ4v) is 3.26. The maximum atomic E-state index is 11.2. The van der Waals surface area contributed by atoms with E-state index in [1.165, 1.54) is 23.5 Å². The normalized spacial score (nSPS) is 12.5. The van der Waals surface area contributed by atoms with E-state index in [2.05, 4.69) is 9.98 Å². The van der Waals surface area contributed by atoms with Gasteiger partial charge in [-0.1, -0.05) is 11.6 Å². The molecular weight excluding hydrogens is 332 g/mol. The van der Waals surface area contributed by atoms with E-state index in [-0.39, 0.29) is 4.90 Å². The molecule has 0 bridgehead atoms. The molecule has 9 heteroatoms. The van der Waals surface area contributed by atoms with Crippen LogP contribution in [0.3, 0.4) is 0 Å². The summed E-state index contributed by atoms with van der Waals surface area (Å²) in [7, 11) is -3.69. The quantitative estimate of drug-likeness (QED) is 0.742. The number of nitrogens with zero attached hydrogens (tertiary/aromatic N) is 3. The molecule has 0 radical (unpaired) electrons. The molecule has 0 saturated heterocycles. The molecule has 0 spiro atoms. The molecule has 21 heavy (non-hydrogen) atoms. The monoisotopic (exact) mass is 340 g/mol. The van der Waals surface area contributed by atoms with Crippen molar-refractivity contribution in [3.63, 3.8) is 0 Å². The summed E-state index contributed by atoms with van der Waals surface area (Å²) in [5.41, 5.74) is 1.26. The van der Waals surface area contributed by atoms with E-state index in [9.17, 15) is 8.42 Å². The zero-order valence-corrected chi connectivity index (χ0v) is 12.9. The van der Waals surface area contributed by atoms with Crippen LogP contribution in [0, 0.1) is 0 Å². The van der Waals surface area contributed by atoms with Crippen LogP contribution in [-0.4, -0.2) is 24.0 Å². The molecule has 6 nitrogen and oxygen atoms in total. The van der Waals surface area contributed by atoms with Gasteiger partial charge >= 0.3 is 0 Å². The third-order valence-corrected chi connectivity index (χ3v) is 4.72. The fourth-order valence-electron chi connectivity index (χ4n) is 1.75. The maximum absolute atomic E-state index is 11.2. The Morgan fingerprint density at radius 1 is 1.33 bits per heavy atom. The second-order valence-corrected chi connectivity index (χ2v) is 6.93. The van der Waals surface area contributed by atoms with E-state index in [0.29, 0.717) is 16.5 Å². The van der Waals surface area contributed by atoms with E-state index in [1.807, 2.05) is 16.0 Å². The van der Waals surface area contributed by atoms with Crippen molar-refractivity contribution in [1.82, 2.24) is 9.38 Å². The summed E-state index contributed by atoms with van der Waals surface area (Å²) >= 11 is 7.52. The van der Waals surface area contributed by atoms with Gasteiger partial charge in [-0.15, -0.1) is 11.3 Å². The third-order valence-electron chi connectivity index (χ3n) is 2.76. The van der Waals surface area contributed by atoms with Gasteiger partial charge in [0.2, 0.25) is 10.0 Å². The Labute approximate surface area is 129 Å². The minimum atomic E-state index is -3.69. The van der Waals surface area contributed by atoms with Gasteiger partial charge in [-0.05, 0) is 24.3 Å². The minimum absolute atomic E-state index is 0.0454. The molecular formula is C12H9ClN4O2S2. The summed E-state index contributed by atoms with van der Waals surface area (Å²) in [5.74, 6) is 0. The number of fused-ring (bicyclic) bond motifs is 1. The van der Waals surface area contributed by atoms with Crippen molar-refractivity contribution in [1.29, 1.82) is 0 Å². The van der Waals surface area contributed by atoms with E-state index >= 15 is 0 Å². The van der Waals surface area contributed by atoms with E-state index in [0.717, 1.165) is 4.96 Å². The number of hydrogen-bond donors (Lipinski definition) is 1. The van der Waals surface area contributed by atoms with Crippen LogP contribution in [-0.2, 0) is 10.0 Å². The van der Waals surface area contributed by atoms with Gasteiger partial charge in [0.15, 0.2) is 10.1 Å².